The quantitative estimate of drug-likeness (QED) is 0.528. The van der Waals surface area contributed by atoms with E-state index in [1.807, 2.05) is 30.3 Å². The number of H-pyrrole nitrogens is 1. The van der Waals surface area contributed by atoms with Crippen molar-refractivity contribution in [1.82, 2.24) is 20.2 Å². The maximum Gasteiger partial charge on any atom is 0.169 e. The van der Waals surface area contributed by atoms with Gasteiger partial charge in [0, 0.05) is 17.3 Å². The van der Waals surface area contributed by atoms with Crippen molar-refractivity contribution in [3.63, 3.8) is 0 Å². The molecule has 3 heterocycles. The zero-order valence-corrected chi connectivity index (χ0v) is 11.3. The van der Waals surface area contributed by atoms with E-state index >= 15 is 0 Å². The molecule has 4 rings (SSSR count). The van der Waals surface area contributed by atoms with Crippen molar-refractivity contribution in [1.29, 1.82) is 0 Å². The topological polar surface area (TPSA) is 92.5 Å². The summed E-state index contributed by atoms with van der Waals surface area (Å²) in [5, 5.41) is 10.8. The molecular formula is C15H11FN6. The van der Waals surface area contributed by atoms with E-state index in [-0.39, 0.29) is 11.6 Å². The third-order valence-corrected chi connectivity index (χ3v) is 3.43. The fourth-order valence-electron chi connectivity index (χ4n) is 2.37. The Morgan fingerprint density at radius 2 is 2.05 bits per heavy atom. The van der Waals surface area contributed by atoms with Crippen LogP contribution in [0.4, 0.5) is 21.7 Å². The van der Waals surface area contributed by atoms with Gasteiger partial charge in [-0.05, 0) is 30.3 Å². The summed E-state index contributed by atoms with van der Waals surface area (Å²) in [5.41, 5.74) is 7.62. The molecule has 0 atom stereocenters. The first-order valence-corrected chi connectivity index (χ1v) is 6.63. The standard InChI is InChI=1S/C15H11FN6/c16-10-7-9-13(17)21-22-14(9)20-15(10)19-12-5-1-4-11-8(12)3-2-6-18-11/h1-7H,(H4,17,19,20,21,22). The molecule has 0 fully saturated rings. The van der Waals surface area contributed by atoms with Gasteiger partial charge in [0.15, 0.2) is 23.1 Å². The van der Waals surface area contributed by atoms with Crippen molar-refractivity contribution < 1.29 is 4.39 Å². The first kappa shape index (κ1) is 12.5. The van der Waals surface area contributed by atoms with Gasteiger partial charge in [-0.25, -0.2) is 9.37 Å². The van der Waals surface area contributed by atoms with Crippen LogP contribution < -0.4 is 11.1 Å². The predicted octanol–water partition coefficient (Wildman–Crippen LogP) is 2.97. The molecule has 0 aliphatic heterocycles. The Labute approximate surface area is 124 Å². The summed E-state index contributed by atoms with van der Waals surface area (Å²) in [6.45, 7) is 0. The van der Waals surface area contributed by atoms with E-state index < -0.39 is 5.82 Å². The summed E-state index contributed by atoms with van der Waals surface area (Å²) in [6.07, 6.45) is 1.71. The SMILES string of the molecule is Nc1n[nH]c2nc(Nc3cccc4ncccc34)c(F)cc12. The highest BCUT2D eigenvalue weighted by Crippen LogP contribution is 2.27. The molecule has 6 nitrogen and oxygen atoms in total. The molecule has 108 valence electrons. The molecule has 1 aromatic carbocycles. The Bertz CT molecular complexity index is 989. The van der Waals surface area contributed by atoms with Crippen molar-refractivity contribution >= 4 is 39.3 Å². The first-order valence-electron chi connectivity index (χ1n) is 6.63. The summed E-state index contributed by atoms with van der Waals surface area (Å²) < 4.78 is 14.2. The molecule has 22 heavy (non-hydrogen) atoms. The lowest BCUT2D eigenvalue weighted by molar-refractivity contribution is 0.629. The fourth-order valence-corrected chi connectivity index (χ4v) is 2.37. The van der Waals surface area contributed by atoms with Crippen LogP contribution in [0.3, 0.4) is 0 Å². The number of nitrogen functional groups attached to an aromatic ring is 1. The summed E-state index contributed by atoms with van der Waals surface area (Å²) >= 11 is 0. The molecule has 0 saturated heterocycles. The number of halogens is 1. The van der Waals surface area contributed by atoms with Gasteiger partial charge in [0.2, 0.25) is 0 Å². The third-order valence-electron chi connectivity index (χ3n) is 3.43. The van der Waals surface area contributed by atoms with Gasteiger partial charge in [0.05, 0.1) is 10.9 Å². The summed E-state index contributed by atoms with van der Waals surface area (Å²) in [7, 11) is 0. The van der Waals surface area contributed by atoms with Crippen LogP contribution in [0.15, 0.2) is 42.6 Å². The minimum absolute atomic E-state index is 0.104. The Morgan fingerprint density at radius 3 is 2.95 bits per heavy atom. The third kappa shape index (κ3) is 1.91. The lowest BCUT2D eigenvalue weighted by Gasteiger charge is -2.09. The molecule has 0 aliphatic rings. The summed E-state index contributed by atoms with van der Waals surface area (Å²) in [4.78, 5) is 8.47. The number of aromatic nitrogens is 4. The molecule has 0 radical (unpaired) electrons. The molecule has 7 heteroatoms. The highest BCUT2D eigenvalue weighted by molar-refractivity contribution is 5.93. The number of rotatable bonds is 2. The summed E-state index contributed by atoms with van der Waals surface area (Å²) in [5.74, 6) is -0.170. The highest BCUT2D eigenvalue weighted by Gasteiger charge is 2.12. The number of fused-ring (bicyclic) bond motifs is 2. The lowest BCUT2D eigenvalue weighted by Crippen LogP contribution is -1.98. The molecule has 0 aliphatic carbocycles. The van der Waals surface area contributed by atoms with E-state index in [2.05, 4.69) is 25.5 Å². The van der Waals surface area contributed by atoms with E-state index in [0.717, 1.165) is 16.6 Å². The van der Waals surface area contributed by atoms with Gasteiger partial charge in [-0.2, -0.15) is 5.10 Å². The molecule has 0 amide bonds. The van der Waals surface area contributed by atoms with Gasteiger partial charge in [-0.15, -0.1) is 0 Å². The maximum absolute atomic E-state index is 14.2. The van der Waals surface area contributed by atoms with Crippen LogP contribution in [-0.4, -0.2) is 20.2 Å². The van der Waals surface area contributed by atoms with Crippen molar-refractivity contribution in [2.24, 2.45) is 0 Å². The molecule has 0 spiro atoms. The number of nitrogens with zero attached hydrogens (tertiary/aromatic N) is 3. The minimum Gasteiger partial charge on any atom is -0.382 e. The zero-order valence-electron chi connectivity index (χ0n) is 11.3. The number of hydrogen-bond donors (Lipinski definition) is 3. The van der Waals surface area contributed by atoms with Gasteiger partial charge in [-0.1, -0.05) is 6.07 Å². The molecule has 4 N–H and O–H groups in total. The van der Waals surface area contributed by atoms with E-state index in [0.29, 0.717) is 11.0 Å². The average molecular weight is 294 g/mol. The Morgan fingerprint density at radius 1 is 1.14 bits per heavy atom. The molecule has 3 aromatic heterocycles. The van der Waals surface area contributed by atoms with Crippen LogP contribution in [0.2, 0.25) is 0 Å². The van der Waals surface area contributed by atoms with Crippen LogP contribution in [0.1, 0.15) is 0 Å². The number of pyridine rings is 2. The van der Waals surface area contributed by atoms with Crippen LogP contribution >= 0.6 is 0 Å². The van der Waals surface area contributed by atoms with E-state index in [4.69, 9.17) is 5.73 Å². The second kappa shape index (κ2) is 4.66. The van der Waals surface area contributed by atoms with Gasteiger partial charge in [0.1, 0.15) is 0 Å². The van der Waals surface area contributed by atoms with E-state index in [9.17, 15) is 4.39 Å². The van der Waals surface area contributed by atoms with Gasteiger partial charge in [-0.3, -0.25) is 10.1 Å². The van der Waals surface area contributed by atoms with Crippen LogP contribution in [0.25, 0.3) is 21.9 Å². The highest BCUT2D eigenvalue weighted by atomic mass is 19.1. The maximum atomic E-state index is 14.2. The predicted molar refractivity (Wildman–Crippen MR) is 83.3 cm³/mol. The molecular weight excluding hydrogens is 283 g/mol. The van der Waals surface area contributed by atoms with Crippen molar-refractivity contribution in [3.05, 3.63) is 48.4 Å². The normalized spacial score (nSPS) is 11.1. The van der Waals surface area contributed by atoms with Crippen LogP contribution in [-0.2, 0) is 0 Å². The number of aromatic amines is 1. The van der Waals surface area contributed by atoms with Gasteiger partial charge >= 0.3 is 0 Å². The average Bonchev–Trinajstić information content (AvgIpc) is 2.89. The molecule has 0 saturated carbocycles. The number of hydrogen-bond acceptors (Lipinski definition) is 5. The minimum atomic E-state index is -0.499. The monoisotopic (exact) mass is 294 g/mol. The second-order valence-electron chi connectivity index (χ2n) is 4.82. The van der Waals surface area contributed by atoms with Crippen LogP contribution in [0, 0.1) is 5.82 Å². The molecule has 0 bridgehead atoms. The number of benzene rings is 1. The van der Waals surface area contributed by atoms with Crippen molar-refractivity contribution in [2.75, 3.05) is 11.1 Å². The summed E-state index contributed by atoms with van der Waals surface area (Å²) in [6, 6.07) is 10.6. The lowest BCUT2D eigenvalue weighted by atomic mass is 10.2. The first-order chi connectivity index (χ1) is 10.7. The second-order valence-corrected chi connectivity index (χ2v) is 4.82. The number of nitrogens with one attached hydrogen (secondary N) is 2. The van der Waals surface area contributed by atoms with Crippen LogP contribution in [0.5, 0.6) is 0 Å². The van der Waals surface area contributed by atoms with E-state index in [1.54, 1.807) is 6.20 Å². The Kier molecular flexibility index (Phi) is 2.65. The smallest absolute Gasteiger partial charge is 0.169 e. The zero-order chi connectivity index (χ0) is 15.1. The van der Waals surface area contributed by atoms with Gasteiger partial charge in [0.25, 0.3) is 0 Å². The Hall–Kier alpha value is -3.22. The fraction of sp³-hybridized carbons (Fsp3) is 0. The number of anilines is 3. The molecule has 0 unspecified atom stereocenters. The largest absolute Gasteiger partial charge is 0.382 e. The number of nitrogens with two attached hydrogens (primary N) is 1. The van der Waals surface area contributed by atoms with Gasteiger partial charge < -0.3 is 11.1 Å². The van der Waals surface area contributed by atoms with Crippen molar-refractivity contribution in [2.45, 2.75) is 0 Å². The van der Waals surface area contributed by atoms with Crippen molar-refractivity contribution in [3.8, 4) is 0 Å². The Balaban J connectivity index is 1.84. The molecule has 4 aromatic rings. The van der Waals surface area contributed by atoms with E-state index in [1.165, 1.54) is 6.07 Å².